The van der Waals surface area contributed by atoms with Crippen molar-refractivity contribution in [2.24, 2.45) is 7.05 Å². The molecule has 0 radical (unpaired) electrons. The van der Waals surface area contributed by atoms with E-state index in [1.165, 1.54) is 27.1 Å². The molecule has 21 heavy (non-hydrogen) atoms. The second-order valence-electron chi connectivity index (χ2n) is 5.03. The molecule has 1 aliphatic heterocycles. The van der Waals surface area contributed by atoms with Crippen molar-refractivity contribution >= 4 is 21.1 Å². The largest absolute Gasteiger partial charge is 0.419 e. The summed E-state index contributed by atoms with van der Waals surface area (Å²) in [5.74, 6) is -0.506. The molecule has 2 heterocycles. The summed E-state index contributed by atoms with van der Waals surface area (Å²) < 4.78 is 33.3. The van der Waals surface area contributed by atoms with Gasteiger partial charge in [-0.25, -0.2) is 13.2 Å². The minimum absolute atomic E-state index is 0.112. The van der Waals surface area contributed by atoms with Crippen molar-refractivity contribution in [2.45, 2.75) is 24.3 Å². The van der Waals surface area contributed by atoms with Gasteiger partial charge in [0, 0.05) is 19.6 Å². The third kappa shape index (κ3) is 2.13. The number of hydrogen-bond donors (Lipinski definition) is 0. The number of nitrogens with zero attached hydrogens (tertiary/aromatic N) is 2. The Hall–Kier alpha value is -1.86. The first-order valence-electron chi connectivity index (χ1n) is 6.73. The van der Waals surface area contributed by atoms with Gasteiger partial charge in [0.25, 0.3) is 0 Å². The van der Waals surface area contributed by atoms with Crippen molar-refractivity contribution in [1.29, 1.82) is 0 Å². The van der Waals surface area contributed by atoms with Gasteiger partial charge in [-0.1, -0.05) is 19.1 Å². The second kappa shape index (κ2) is 4.85. The molecule has 1 aromatic carbocycles. The molecule has 0 amide bonds. The standard InChI is InChI=1S/C14H16N2O4S/c1-3-10-5-4-8-16(10)21(18,19)11-6-7-13-12(9-11)15(2)14(17)20-13/h4-7,9-10H,3,8H2,1-2H3. The predicted molar refractivity (Wildman–Crippen MR) is 78.6 cm³/mol. The number of aromatic nitrogens is 1. The Morgan fingerprint density at radius 2 is 2.14 bits per heavy atom. The highest BCUT2D eigenvalue weighted by Gasteiger charge is 2.31. The minimum atomic E-state index is -3.59. The van der Waals surface area contributed by atoms with Crippen LogP contribution in [0.25, 0.3) is 11.1 Å². The first-order valence-corrected chi connectivity index (χ1v) is 8.17. The summed E-state index contributed by atoms with van der Waals surface area (Å²) in [5, 5.41) is 0. The molecule has 1 aromatic heterocycles. The third-order valence-electron chi connectivity index (χ3n) is 3.80. The average molecular weight is 308 g/mol. The summed E-state index contributed by atoms with van der Waals surface area (Å²) in [6, 6.07) is 4.37. The van der Waals surface area contributed by atoms with Gasteiger partial charge >= 0.3 is 5.76 Å². The van der Waals surface area contributed by atoms with Crippen LogP contribution in [0.15, 0.2) is 44.5 Å². The van der Waals surface area contributed by atoms with Crippen LogP contribution < -0.4 is 5.76 Å². The first-order chi connectivity index (χ1) is 9.95. The summed E-state index contributed by atoms with van der Waals surface area (Å²) in [6.07, 6.45) is 4.49. The lowest BCUT2D eigenvalue weighted by Crippen LogP contribution is -2.35. The number of benzene rings is 1. The summed E-state index contributed by atoms with van der Waals surface area (Å²) in [4.78, 5) is 11.7. The summed E-state index contributed by atoms with van der Waals surface area (Å²) in [5.41, 5.74) is 0.856. The number of sulfonamides is 1. The van der Waals surface area contributed by atoms with Crippen molar-refractivity contribution in [2.75, 3.05) is 6.54 Å². The van der Waals surface area contributed by atoms with E-state index in [9.17, 15) is 13.2 Å². The van der Waals surface area contributed by atoms with Gasteiger partial charge in [0.15, 0.2) is 5.58 Å². The van der Waals surface area contributed by atoms with Crippen molar-refractivity contribution < 1.29 is 12.8 Å². The van der Waals surface area contributed by atoms with Crippen LogP contribution in [0.1, 0.15) is 13.3 Å². The lowest BCUT2D eigenvalue weighted by atomic mass is 10.2. The minimum Gasteiger partial charge on any atom is -0.408 e. The van der Waals surface area contributed by atoms with Crippen LogP contribution in [0.5, 0.6) is 0 Å². The Labute approximate surface area is 122 Å². The van der Waals surface area contributed by atoms with Gasteiger partial charge in [0.05, 0.1) is 10.4 Å². The van der Waals surface area contributed by atoms with Gasteiger partial charge < -0.3 is 4.42 Å². The van der Waals surface area contributed by atoms with Crippen LogP contribution in [-0.2, 0) is 17.1 Å². The Bertz CT molecular complexity index is 876. The Morgan fingerprint density at radius 1 is 1.38 bits per heavy atom. The van der Waals surface area contributed by atoms with E-state index in [4.69, 9.17) is 4.42 Å². The molecule has 0 bridgehead atoms. The topological polar surface area (TPSA) is 72.5 Å². The number of hydrogen-bond acceptors (Lipinski definition) is 4. The molecule has 0 saturated heterocycles. The van der Waals surface area contributed by atoms with Crippen molar-refractivity contribution in [3.63, 3.8) is 0 Å². The zero-order valence-corrected chi connectivity index (χ0v) is 12.6. The van der Waals surface area contributed by atoms with E-state index in [1.807, 2.05) is 19.1 Å². The van der Waals surface area contributed by atoms with Crippen LogP contribution in [0, 0.1) is 0 Å². The Morgan fingerprint density at radius 3 is 2.86 bits per heavy atom. The fourth-order valence-corrected chi connectivity index (χ4v) is 4.20. The summed E-state index contributed by atoms with van der Waals surface area (Å²) in [7, 11) is -2.03. The van der Waals surface area contributed by atoms with Gasteiger partial charge in [0.2, 0.25) is 10.0 Å². The maximum absolute atomic E-state index is 12.7. The van der Waals surface area contributed by atoms with Gasteiger partial charge in [0.1, 0.15) is 0 Å². The molecule has 0 N–H and O–H groups in total. The van der Waals surface area contributed by atoms with Gasteiger partial charge in [-0.3, -0.25) is 4.57 Å². The normalized spacial score (nSPS) is 19.6. The summed E-state index contributed by atoms with van der Waals surface area (Å²) >= 11 is 0. The van der Waals surface area contributed by atoms with Crippen LogP contribution in [0.2, 0.25) is 0 Å². The highest BCUT2D eigenvalue weighted by molar-refractivity contribution is 7.89. The van der Waals surface area contributed by atoms with Crippen molar-refractivity contribution in [3.05, 3.63) is 40.9 Å². The van der Waals surface area contributed by atoms with Crippen LogP contribution in [-0.4, -0.2) is 29.9 Å². The molecule has 0 spiro atoms. The molecule has 0 saturated carbocycles. The zero-order valence-electron chi connectivity index (χ0n) is 11.8. The maximum atomic E-state index is 12.7. The van der Waals surface area contributed by atoms with E-state index in [0.717, 1.165) is 6.42 Å². The number of fused-ring (bicyclic) bond motifs is 1. The Kier molecular flexibility index (Phi) is 3.26. The predicted octanol–water partition coefficient (Wildman–Crippen LogP) is 1.47. The molecule has 0 fully saturated rings. The van der Waals surface area contributed by atoms with E-state index in [-0.39, 0.29) is 10.9 Å². The molecule has 112 valence electrons. The quantitative estimate of drug-likeness (QED) is 0.805. The molecule has 3 rings (SSSR count). The summed E-state index contributed by atoms with van der Waals surface area (Å²) in [6.45, 7) is 2.33. The zero-order chi connectivity index (χ0) is 15.2. The monoisotopic (exact) mass is 308 g/mol. The smallest absolute Gasteiger partial charge is 0.408 e. The molecule has 1 unspecified atom stereocenters. The van der Waals surface area contributed by atoms with E-state index in [2.05, 4.69) is 0 Å². The lowest BCUT2D eigenvalue weighted by Gasteiger charge is -2.22. The van der Waals surface area contributed by atoms with Crippen LogP contribution in [0.4, 0.5) is 0 Å². The molecule has 6 nitrogen and oxygen atoms in total. The number of oxazole rings is 1. The van der Waals surface area contributed by atoms with E-state index >= 15 is 0 Å². The SMILES string of the molecule is CCC1C=CCN1S(=O)(=O)c1ccc2oc(=O)n(C)c2c1. The van der Waals surface area contributed by atoms with Gasteiger partial charge in [-0.15, -0.1) is 0 Å². The van der Waals surface area contributed by atoms with Crippen LogP contribution >= 0.6 is 0 Å². The highest BCUT2D eigenvalue weighted by Crippen LogP contribution is 2.26. The van der Waals surface area contributed by atoms with Crippen molar-refractivity contribution in [1.82, 2.24) is 8.87 Å². The average Bonchev–Trinajstić information content (AvgIpc) is 3.05. The third-order valence-corrected chi connectivity index (χ3v) is 5.69. The molecule has 1 atom stereocenters. The highest BCUT2D eigenvalue weighted by atomic mass is 32.2. The van der Waals surface area contributed by atoms with Gasteiger partial charge in [-0.05, 0) is 24.6 Å². The van der Waals surface area contributed by atoms with E-state index in [1.54, 1.807) is 7.05 Å². The molecular weight excluding hydrogens is 292 g/mol. The molecule has 7 heteroatoms. The first kappa shape index (κ1) is 14.1. The van der Waals surface area contributed by atoms with Crippen molar-refractivity contribution in [3.8, 4) is 0 Å². The second-order valence-corrected chi connectivity index (χ2v) is 6.93. The maximum Gasteiger partial charge on any atom is 0.419 e. The fourth-order valence-electron chi connectivity index (χ4n) is 2.57. The van der Waals surface area contributed by atoms with E-state index < -0.39 is 15.8 Å². The number of rotatable bonds is 3. The molecular formula is C14H16N2O4S. The molecule has 2 aromatic rings. The molecule has 1 aliphatic rings. The fraction of sp³-hybridized carbons (Fsp3) is 0.357. The van der Waals surface area contributed by atoms with E-state index in [0.29, 0.717) is 17.6 Å². The number of aryl methyl sites for hydroxylation is 1. The van der Waals surface area contributed by atoms with Crippen LogP contribution in [0.3, 0.4) is 0 Å². The Balaban J connectivity index is 2.11. The molecule has 0 aliphatic carbocycles. The lowest BCUT2D eigenvalue weighted by molar-refractivity contribution is 0.403. The van der Waals surface area contributed by atoms with Gasteiger partial charge in [-0.2, -0.15) is 4.31 Å².